The standard InChI is InChI=1S/C26H25N3O5/c1-14-12-19-20-21(25(32)28(24(20)31)26(2,3)4)22(27(19)18-11-6-5-10-17(14)18)23(30)15-8-7-9-16(13-15)29(33)34/h5-13,19-22H,1-4H3/t19-,20-,21-,22+/m1/s1. The Morgan fingerprint density at radius 1 is 1.00 bits per heavy atom. The van der Waals surface area contributed by atoms with Crippen molar-refractivity contribution in [1.82, 2.24) is 4.90 Å². The number of para-hydroxylation sites is 1. The van der Waals surface area contributed by atoms with Crippen LogP contribution in [0.15, 0.2) is 54.6 Å². The summed E-state index contributed by atoms with van der Waals surface area (Å²) in [4.78, 5) is 55.2. The van der Waals surface area contributed by atoms with E-state index in [0.717, 1.165) is 16.8 Å². The number of benzene rings is 2. The molecule has 174 valence electrons. The summed E-state index contributed by atoms with van der Waals surface area (Å²) in [5.41, 5.74) is 1.92. The third-order valence-corrected chi connectivity index (χ3v) is 7.04. The van der Waals surface area contributed by atoms with E-state index < -0.39 is 40.2 Å². The number of nitrogens with zero attached hydrogens (tertiary/aromatic N) is 3. The number of ketones is 1. The van der Waals surface area contributed by atoms with Crippen LogP contribution in [0.4, 0.5) is 11.4 Å². The third-order valence-electron chi connectivity index (χ3n) is 7.04. The molecule has 3 aliphatic heterocycles. The SMILES string of the molecule is CC1=C[C@@H]2[C@H]3C(=O)N(C(C)(C)C)C(=O)[C@H]3[C@@H](C(=O)c3cccc([N+](=O)[O-])c3)N2c2ccccc21. The van der Waals surface area contributed by atoms with Gasteiger partial charge in [0.25, 0.3) is 5.69 Å². The normalized spacial score (nSPS) is 25.6. The van der Waals surface area contributed by atoms with Crippen LogP contribution in [0.25, 0.3) is 5.57 Å². The number of non-ortho nitro benzene ring substituents is 1. The second-order valence-corrected chi connectivity index (χ2v) is 10.1. The quantitative estimate of drug-likeness (QED) is 0.299. The Balaban J connectivity index is 1.70. The molecule has 0 aliphatic carbocycles. The van der Waals surface area contributed by atoms with Crippen molar-refractivity contribution >= 4 is 34.5 Å². The number of nitro benzene ring substituents is 1. The van der Waals surface area contributed by atoms with Crippen molar-refractivity contribution in [2.24, 2.45) is 11.8 Å². The molecule has 2 aromatic carbocycles. The Kier molecular flexibility index (Phi) is 4.76. The van der Waals surface area contributed by atoms with E-state index in [1.165, 1.54) is 29.2 Å². The first-order chi connectivity index (χ1) is 16.0. The molecular formula is C26H25N3O5. The first-order valence-electron chi connectivity index (χ1n) is 11.2. The van der Waals surface area contributed by atoms with Gasteiger partial charge in [-0.2, -0.15) is 0 Å². The second-order valence-electron chi connectivity index (χ2n) is 10.1. The van der Waals surface area contributed by atoms with E-state index in [1.807, 2.05) is 42.2 Å². The fourth-order valence-electron chi connectivity index (χ4n) is 5.70. The zero-order valence-electron chi connectivity index (χ0n) is 19.4. The molecule has 2 amide bonds. The van der Waals surface area contributed by atoms with E-state index in [0.29, 0.717) is 0 Å². The van der Waals surface area contributed by atoms with E-state index in [-0.39, 0.29) is 23.1 Å². The summed E-state index contributed by atoms with van der Waals surface area (Å²) in [6.45, 7) is 7.37. The second kappa shape index (κ2) is 7.35. The highest BCUT2D eigenvalue weighted by atomic mass is 16.6. The summed E-state index contributed by atoms with van der Waals surface area (Å²) in [6.07, 6.45) is 1.97. The number of hydrogen-bond donors (Lipinski definition) is 0. The highest BCUT2D eigenvalue weighted by Crippen LogP contribution is 2.51. The zero-order valence-corrected chi connectivity index (χ0v) is 19.4. The lowest BCUT2D eigenvalue weighted by Gasteiger charge is -2.39. The maximum atomic E-state index is 14.0. The van der Waals surface area contributed by atoms with Crippen LogP contribution in [0, 0.1) is 22.0 Å². The molecule has 8 nitrogen and oxygen atoms in total. The van der Waals surface area contributed by atoms with Gasteiger partial charge in [-0.05, 0) is 39.3 Å². The van der Waals surface area contributed by atoms with Crippen LogP contribution < -0.4 is 4.90 Å². The number of hydrogen-bond acceptors (Lipinski definition) is 6. The topological polar surface area (TPSA) is 101 Å². The van der Waals surface area contributed by atoms with Crippen molar-refractivity contribution in [3.05, 3.63) is 75.8 Å². The van der Waals surface area contributed by atoms with Crippen molar-refractivity contribution in [2.75, 3.05) is 4.90 Å². The van der Waals surface area contributed by atoms with Crippen molar-refractivity contribution in [3.8, 4) is 0 Å². The van der Waals surface area contributed by atoms with Gasteiger partial charge in [0, 0.05) is 34.5 Å². The maximum Gasteiger partial charge on any atom is 0.270 e. The highest BCUT2D eigenvalue weighted by Gasteiger charge is 2.65. The Morgan fingerprint density at radius 3 is 2.35 bits per heavy atom. The highest BCUT2D eigenvalue weighted by molar-refractivity contribution is 6.14. The molecule has 0 radical (unpaired) electrons. The molecule has 3 aliphatic rings. The van der Waals surface area contributed by atoms with Crippen LogP contribution in [0.5, 0.6) is 0 Å². The fraction of sp³-hybridized carbons (Fsp3) is 0.346. The number of rotatable bonds is 3. The van der Waals surface area contributed by atoms with Gasteiger partial charge in [0.15, 0.2) is 5.78 Å². The van der Waals surface area contributed by atoms with Crippen molar-refractivity contribution in [1.29, 1.82) is 0 Å². The molecule has 8 heteroatoms. The smallest absolute Gasteiger partial charge is 0.270 e. The summed E-state index contributed by atoms with van der Waals surface area (Å²) in [7, 11) is 0. The number of carbonyl (C=O) groups excluding carboxylic acids is 3. The van der Waals surface area contributed by atoms with E-state index >= 15 is 0 Å². The summed E-state index contributed by atoms with van der Waals surface area (Å²) in [6, 6.07) is 11.8. The average molecular weight is 460 g/mol. The van der Waals surface area contributed by atoms with Crippen LogP contribution in [-0.4, -0.2) is 45.0 Å². The molecule has 0 unspecified atom stereocenters. The third kappa shape index (κ3) is 3.01. The van der Waals surface area contributed by atoms with E-state index in [1.54, 1.807) is 20.8 Å². The summed E-state index contributed by atoms with van der Waals surface area (Å²) in [5, 5.41) is 11.3. The first kappa shape index (κ1) is 22.0. The van der Waals surface area contributed by atoms with Crippen molar-refractivity contribution < 1.29 is 19.3 Å². The van der Waals surface area contributed by atoms with Crippen LogP contribution in [-0.2, 0) is 9.59 Å². The number of allylic oxidation sites excluding steroid dienone is 1. The molecule has 34 heavy (non-hydrogen) atoms. The van der Waals surface area contributed by atoms with Gasteiger partial charge in [0.05, 0.1) is 22.8 Å². The summed E-state index contributed by atoms with van der Waals surface area (Å²) in [5.74, 6) is -2.64. The van der Waals surface area contributed by atoms with Gasteiger partial charge in [0.2, 0.25) is 11.8 Å². The molecule has 2 aromatic rings. The fourth-order valence-corrected chi connectivity index (χ4v) is 5.70. The minimum Gasteiger partial charge on any atom is -0.352 e. The number of fused-ring (bicyclic) bond motifs is 5. The minimum absolute atomic E-state index is 0.150. The van der Waals surface area contributed by atoms with Crippen LogP contribution in [0.3, 0.4) is 0 Å². The predicted molar refractivity (Wildman–Crippen MR) is 126 cm³/mol. The molecule has 2 saturated heterocycles. The van der Waals surface area contributed by atoms with Crippen LogP contribution in [0.1, 0.15) is 43.6 Å². The number of amides is 2. The maximum absolute atomic E-state index is 14.0. The lowest BCUT2D eigenvalue weighted by molar-refractivity contribution is -0.384. The monoisotopic (exact) mass is 459 g/mol. The lowest BCUT2D eigenvalue weighted by Crippen LogP contribution is -2.52. The first-order valence-corrected chi connectivity index (χ1v) is 11.2. The van der Waals surface area contributed by atoms with Gasteiger partial charge in [0.1, 0.15) is 6.04 Å². The molecule has 3 heterocycles. The lowest BCUT2D eigenvalue weighted by atomic mass is 9.85. The molecule has 0 aromatic heterocycles. The Bertz CT molecular complexity index is 1290. The molecule has 0 spiro atoms. The molecule has 4 atom stereocenters. The molecule has 0 saturated carbocycles. The van der Waals surface area contributed by atoms with Gasteiger partial charge in [-0.1, -0.05) is 36.4 Å². The Hall–Kier alpha value is -3.81. The molecule has 5 rings (SSSR count). The summed E-state index contributed by atoms with van der Waals surface area (Å²) >= 11 is 0. The number of nitro groups is 1. The van der Waals surface area contributed by atoms with Gasteiger partial charge >= 0.3 is 0 Å². The predicted octanol–water partition coefficient (Wildman–Crippen LogP) is 3.85. The van der Waals surface area contributed by atoms with E-state index in [4.69, 9.17) is 0 Å². The minimum atomic E-state index is -0.952. The Morgan fingerprint density at radius 2 is 1.68 bits per heavy atom. The zero-order chi connectivity index (χ0) is 24.5. The molecular weight excluding hydrogens is 434 g/mol. The number of imide groups is 1. The number of anilines is 1. The van der Waals surface area contributed by atoms with Crippen molar-refractivity contribution in [3.63, 3.8) is 0 Å². The number of likely N-dealkylation sites (tertiary alicyclic amines) is 1. The summed E-state index contributed by atoms with van der Waals surface area (Å²) < 4.78 is 0. The van der Waals surface area contributed by atoms with Crippen LogP contribution >= 0.6 is 0 Å². The molecule has 2 fully saturated rings. The van der Waals surface area contributed by atoms with Gasteiger partial charge < -0.3 is 4.90 Å². The van der Waals surface area contributed by atoms with Crippen LogP contribution in [0.2, 0.25) is 0 Å². The van der Waals surface area contributed by atoms with Gasteiger partial charge in [-0.15, -0.1) is 0 Å². The van der Waals surface area contributed by atoms with E-state index in [9.17, 15) is 24.5 Å². The van der Waals surface area contributed by atoms with Crippen molar-refractivity contribution in [2.45, 2.75) is 45.3 Å². The number of Topliss-reactive ketones (excluding diaryl/α,β-unsaturated/α-hetero) is 1. The largest absolute Gasteiger partial charge is 0.352 e. The molecule has 0 bridgehead atoms. The Labute approximate surface area is 197 Å². The molecule has 0 N–H and O–H groups in total. The van der Waals surface area contributed by atoms with E-state index in [2.05, 4.69) is 0 Å². The van der Waals surface area contributed by atoms with Gasteiger partial charge in [-0.3, -0.25) is 29.4 Å². The van der Waals surface area contributed by atoms with Gasteiger partial charge in [-0.25, -0.2) is 0 Å². The number of carbonyl (C=O) groups is 3. The average Bonchev–Trinajstić information content (AvgIpc) is 3.26.